The van der Waals surface area contributed by atoms with Crippen molar-refractivity contribution in [1.82, 2.24) is 9.97 Å². The maximum atomic E-state index is 13.1. The van der Waals surface area contributed by atoms with Gasteiger partial charge in [0.25, 0.3) is 11.2 Å². The Morgan fingerprint density at radius 2 is 1.90 bits per heavy atom. The average molecular weight is 412 g/mol. The van der Waals surface area contributed by atoms with Crippen LogP contribution < -0.4 is 10.9 Å². The molecule has 0 saturated heterocycles. The van der Waals surface area contributed by atoms with E-state index in [-0.39, 0.29) is 22.4 Å². The fourth-order valence-electron chi connectivity index (χ4n) is 4.11. The van der Waals surface area contributed by atoms with Crippen LogP contribution in [0.5, 0.6) is 0 Å². The summed E-state index contributed by atoms with van der Waals surface area (Å²) in [5, 5.41) is 14.7. The molecule has 1 aromatic heterocycles. The molecule has 0 radical (unpaired) electrons. The number of allylic oxidation sites excluding steroid dienone is 2. The third kappa shape index (κ3) is 3.35. The average Bonchev–Trinajstić information content (AvgIpc) is 2.65. The number of carbonyl (C=O) groups excluding carboxylic acids is 1. The maximum Gasteiger partial charge on any atom is 0.269 e. The lowest BCUT2D eigenvalue weighted by Crippen LogP contribution is -2.37. The number of nitrogens with one attached hydrogen (secondary N) is 2. The minimum atomic E-state index is -0.613. The fourth-order valence-corrected chi connectivity index (χ4v) is 4.49. The number of H-pyrrole nitrogens is 1. The lowest BCUT2D eigenvalue weighted by Gasteiger charge is -2.38. The molecule has 0 spiro atoms. The molecule has 1 aliphatic carbocycles. The van der Waals surface area contributed by atoms with Crippen molar-refractivity contribution in [1.29, 1.82) is 0 Å². The van der Waals surface area contributed by atoms with E-state index in [9.17, 15) is 19.7 Å². The largest absolute Gasteiger partial charge is 0.343 e. The molecule has 1 aromatic carbocycles. The normalized spacial score (nSPS) is 20.0. The van der Waals surface area contributed by atoms with Gasteiger partial charge in [0.1, 0.15) is 5.82 Å². The van der Waals surface area contributed by atoms with Gasteiger partial charge in [-0.2, -0.15) is 0 Å². The van der Waals surface area contributed by atoms with Crippen molar-refractivity contribution in [2.24, 2.45) is 5.41 Å². The highest BCUT2D eigenvalue weighted by Gasteiger charge is 2.42. The Labute approximate surface area is 171 Å². The van der Waals surface area contributed by atoms with E-state index in [1.54, 1.807) is 12.1 Å². The zero-order valence-corrected chi connectivity index (χ0v) is 17.1. The molecular weight excluding hydrogens is 392 g/mol. The molecule has 150 valence electrons. The molecule has 8 nitrogen and oxygen atoms in total. The van der Waals surface area contributed by atoms with Crippen LogP contribution in [0.2, 0.25) is 0 Å². The number of ketones is 1. The zero-order chi connectivity index (χ0) is 20.9. The summed E-state index contributed by atoms with van der Waals surface area (Å²) in [5.74, 6) is -0.199. The van der Waals surface area contributed by atoms with E-state index in [1.165, 1.54) is 23.9 Å². The van der Waals surface area contributed by atoms with Crippen LogP contribution in [0, 0.1) is 15.5 Å². The van der Waals surface area contributed by atoms with Crippen molar-refractivity contribution >= 4 is 29.1 Å². The van der Waals surface area contributed by atoms with Crippen molar-refractivity contribution in [2.45, 2.75) is 37.8 Å². The number of hydrogen-bond acceptors (Lipinski definition) is 7. The van der Waals surface area contributed by atoms with Gasteiger partial charge in [0.15, 0.2) is 10.9 Å². The van der Waals surface area contributed by atoms with Crippen molar-refractivity contribution < 1.29 is 9.72 Å². The molecule has 1 atom stereocenters. The summed E-state index contributed by atoms with van der Waals surface area (Å²) in [5.41, 5.74) is 1.77. The standard InChI is InChI=1S/C20H20N4O4S/c1-20(2)8-12-15(13(25)9-20)14(10-4-6-11(7-5-10)24(27)28)16-17(21-12)22-19(29-3)23-18(16)26/h4-7,14H,8-9H2,1-3H3,(H2,21,22,23,26)/t14-/m1/s1. The molecule has 9 heteroatoms. The number of Topliss-reactive ketones (excluding diaryl/α,β-unsaturated/α-hetero) is 1. The van der Waals surface area contributed by atoms with Gasteiger partial charge in [-0.25, -0.2) is 4.98 Å². The highest BCUT2D eigenvalue weighted by Crippen LogP contribution is 2.47. The number of fused-ring (bicyclic) bond motifs is 1. The molecule has 2 N–H and O–H groups in total. The second-order valence-corrected chi connectivity index (χ2v) is 8.87. The molecular formula is C20H20N4O4S. The van der Waals surface area contributed by atoms with E-state index in [2.05, 4.69) is 15.3 Å². The van der Waals surface area contributed by atoms with E-state index in [0.29, 0.717) is 40.5 Å². The molecule has 0 saturated carbocycles. The summed E-state index contributed by atoms with van der Waals surface area (Å²) >= 11 is 1.32. The molecule has 29 heavy (non-hydrogen) atoms. The molecule has 0 amide bonds. The molecule has 1 aliphatic heterocycles. The molecule has 0 fully saturated rings. The Balaban J connectivity index is 1.95. The van der Waals surface area contributed by atoms with Gasteiger partial charge in [-0.1, -0.05) is 37.7 Å². The predicted octanol–water partition coefficient (Wildman–Crippen LogP) is 3.60. The van der Waals surface area contributed by atoms with Crippen LogP contribution in [0.15, 0.2) is 45.5 Å². The number of thioether (sulfide) groups is 1. The van der Waals surface area contributed by atoms with Crippen LogP contribution in [-0.2, 0) is 4.79 Å². The first-order valence-electron chi connectivity index (χ1n) is 9.16. The highest BCUT2D eigenvalue weighted by atomic mass is 32.2. The minimum Gasteiger partial charge on any atom is -0.343 e. The molecule has 0 unspecified atom stereocenters. The Kier molecular flexibility index (Phi) is 4.57. The Morgan fingerprint density at radius 1 is 1.21 bits per heavy atom. The summed E-state index contributed by atoms with van der Waals surface area (Å²) in [6.07, 6.45) is 2.85. The SMILES string of the molecule is CSc1nc2c(c(=O)[nH]1)[C@H](c1ccc([N+](=O)[O-])cc1)C1=C(CC(C)(C)CC1=O)N2. The quantitative estimate of drug-likeness (QED) is 0.342. The summed E-state index contributed by atoms with van der Waals surface area (Å²) in [6, 6.07) is 6.01. The van der Waals surface area contributed by atoms with Gasteiger partial charge < -0.3 is 10.3 Å². The monoisotopic (exact) mass is 412 g/mol. The van der Waals surface area contributed by atoms with Crippen LogP contribution in [0.3, 0.4) is 0 Å². The van der Waals surface area contributed by atoms with Gasteiger partial charge in [0.05, 0.1) is 10.5 Å². The third-order valence-corrected chi connectivity index (χ3v) is 5.91. The van der Waals surface area contributed by atoms with Crippen LogP contribution in [-0.4, -0.2) is 26.9 Å². The summed E-state index contributed by atoms with van der Waals surface area (Å²) in [4.78, 5) is 43.9. The van der Waals surface area contributed by atoms with Crippen molar-refractivity contribution in [3.05, 3.63) is 67.1 Å². The van der Waals surface area contributed by atoms with Crippen LogP contribution in [0.25, 0.3) is 0 Å². The zero-order valence-electron chi connectivity index (χ0n) is 16.2. The Hall–Kier alpha value is -2.94. The predicted molar refractivity (Wildman–Crippen MR) is 110 cm³/mol. The number of aromatic amines is 1. The van der Waals surface area contributed by atoms with Gasteiger partial charge in [-0.05, 0) is 23.7 Å². The second-order valence-electron chi connectivity index (χ2n) is 8.08. The molecule has 2 aromatic rings. The number of nitrogens with zero attached hydrogens (tertiary/aromatic N) is 2. The minimum absolute atomic E-state index is 0.0221. The number of rotatable bonds is 3. The van der Waals surface area contributed by atoms with Crippen molar-refractivity contribution in [3.8, 4) is 0 Å². The Bertz CT molecular complexity index is 1120. The van der Waals surface area contributed by atoms with Crippen molar-refractivity contribution in [2.75, 3.05) is 11.6 Å². The van der Waals surface area contributed by atoms with Crippen molar-refractivity contribution in [3.63, 3.8) is 0 Å². The van der Waals surface area contributed by atoms with E-state index in [4.69, 9.17) is 0 Å². The topological polar surface area (TPSA) is 118 Å². The molecule has 0 bridgehead atoms. The molecule has 2 aliphatic rings. The summed E-state index contributed by atoms with van der Waals surface area (Å²) in [7, 11) is 0. The van der Waals surface area contributed by atoms with E-state index in [1.807, 2.05) is 20.1 Å². The second kappa shape index (κ2) is 6.84. The summed E-state index contributed by atoms with van der Waals surface area (Å²) in [6.45, 7) is 4.07. The Morgan fingerprint density at radius 3 is 2.52 bits per heavy atom. The number of carbonyl (C=O) groups is 1. The number of aromatic nitrogens is 2. The smallest absolute Gasteiger partial charge is 0.269 e. The van der Waals surface area contributed by atoms with Gasteiger partial charge >= 0.3 is 0 Å². The van der Waals surface area contributed by atoms with E-state index >= 15 is 0 Å². The first kappa shape index (κ1) is 19.4. The number of nitro benzene ring substituents is 1. The molecule has 4 rings (SSSR count). The molecule has 2 heterocycles. The first-order valence-corrected chi connectivity index (χ1v) is 10.4. The lowest BCUT2D eigenvalue weighted by molar-refractivity contribution is -0.384. The van der Waals surface area contributed by atoms with Crippen LogP contribution in [0.1, 0.15) is 43.7 Å². The number of benzene rings is 1. The lowest BCUT2D eigenvalue weighted by atomic mass is 9.69. The third-order valence-electron chi connectivity index (χ3n) is 5.33. The first-order chi connectivity index (χ1) is 13.7. The number of anilines is 1. The fraction of sp³-hybridized carbons (Fsp3) is 0.350. The van der Waals surface area contributed by atoms with Gasteiger partial charge in [-0.3, -0.25) is 19.7 Å². The van der Waals surface area contributed by atoms with Crippen LogP contribution in [0.4, 0.5) is 11.5 Å². The highest BCUT2D eigenvalue weighted by molar-refractivity contribution is 7.98. The van der Waals surface area contributed by atoms with Gasteiger partial charge in [0, 0.05) is 35.7 Å². The maximum absolute atomic E-state index is 13.1. The van der Waals surface area contributed by atoms with Gasteiger partial charge in [0.2, 0.25) is 0 Å². The van der Waals surface area contributed by atoms with E-state index in [0.717, 1.165) is 5.70 Å². The van der Waals surface area contributed by atoms with Crippen LogP contribution >= 0.6 is 11.8 Å². The number of hydrogen-bond donors (Lipinski definition) is 2. The number of nitro groups is 1. The van der Waals surface area contributed by atoms with E-state index < -0.39 is 10.8 Å². The van der Waals surface area contributed by atoms with Gasteiger partial charge in [-0.15, -0.1) is 0 Å². The summed E-state index contributed by atoms with van der Waals surface area (Å²) < 4.78 is 0. The number of non-ortho nitro benzene ring substituents is 1.